The lowest BCUT2D eigenvalue weighted by Crippen LogP contribution is -2.30. The van der Waals surface area contributed by atoms with Gasteiger partial charge in [0.15, 0.2) is 0 Å². The first-order valence-electron chi connectivity index (χ1n) is 7.94. The van der Waals surface area contributed by atoms with Gasteiger partial charge in [-0.25, -0.2) is 0 Å². The van der Waals surface area contributed by atoms with Crippen LogP contribution in [0.25, 0.3) is 0 Å². The van der Waals surface area contributed by atoms with E-state index in [0.717, 1.165) is 4.88 Å². The summed E-state index contributed by atoms with van der Waals surface area (Å²) in [5.74, 6) is -0.200. The van der Waals surface area contributed by atoms with E-state index in [1.54, 1.807) is 46.6 Å². The summed E-state index contributed by atoms with van der Waals surface area (Å²) in [5.41, 5.74) is 1.19. The van der Waals surface area contributed by atoms with E-state index in [4.69, 9.17) is 0 Å². The predicted molar refractivity (Wildman–Crippen MR) is 103 cm³/mol. The summed E-state index contributed by atoms with van der Waals surface area (Å²) in [6, 6.07) is 14.7. The SMILES string of the molecule is CCN(Cc1cccs1)C(=O)c1cccc(NC(=O)c2cccs2)c1. The van der Waals surface area contributed by atoms with Crippen molar-refractivity contribution in [1.82, 2.24) is 4.90 Å². The van der Waals surface area contributed by atoms with Crippen molar-refractivity contribution in [2.24, 2.45) is 0 Å². The Morgan fingerprint density at radius 3 is 2.52 bits per heavy atom. The molecule has 0 aliphatic heterocycles. The maximum atomic E-state index is 12.8. The molecule has 1 aromatic carbocycles. The molecule has 2 heterocycles. The van der Waals surface area contributed by atoms with E-state index in [1.807, 2.05) is 35.9 Å². The standard InChI is InChI=1S/C19H18N2O2S2/c1-2-21(13-16-8-4-10-24-16)19(23)14-6-3-7-15(12-14)20-18(22)17-9-5-11-25-17/h3-12H,2,13H2,1H3,(H,20,22). The van der Waals surface area contributed by atoms with Crippen LogP contribution in [0.4, 0.5) is 5.69 Å². The van der Waals surface area contributed by atoms with Gasteiger partial charge >= 0.3 is 0 Å². The van der Waals surface area contributed by atoms with E-state index in [2.05, 4.69) is 5.32 Å². The highest BCUT2D eigenvalue weighted by Gasteiger charge is 2.16. The lowest BCUT2D eigenvalue weighted by atomic mass is 10.1. The molecular weight excluding hydrogens is 352 g/mol. The number of benzene rings is 1. The molecule has 0 aliphatic carbocycles. The van der Waals surface area contributed by atoms with Crippen molar-refractivity contribution in [2.75, 3.05) is 11.9 Å². The van der Waals surface area contributed by atoms with Crippen LogP contribution >= 0.6 is 22.7 Å². The van der Waals surface area contributed by atoms with Crippen molar-refractivity contribution in [1.29, 1.82) is 0 Å². The molecule has 2 aromatic heterocycles. The van der Waals surface area contributed by atoms with Gasteiger partial charge in [-0.2, -0.15) is 0 Å². The highest BCUT2D eigenvalue weighted by Crippen LogP contribution is 2.18. The molecule has 0 unspecified atom stereocenters. The number of anilines is 1. The number of nitrogens with zero attached hydrogens (tertiary/aromatic N) is 1. The van der Waals surface area contributed by atoms with Gasteiger partial charge in [0.25, 0.3) is 11.8 Å². The first-order valence-corrected chi connectivity index (χ1v) is 9.70. The average Bonchev–Trinajstić information content (AvgIpc) is 3.33. The Kier molecular flexibility index (Phi) is 5.63. The fraction of sp³-hybridized carbons (Fsp3) is 0.158. The Balaban J connectivity index is 1.73. The van der Waals surface area contributed by atoms with E-state index in [0.29, 0.717) is 29.2 Å². The van der Waals surface area contributed by atoms with Crippen LogP contribution < -0.4 is 5.32 Å². The van der Waals surface area contributed by atoms with Crippen LogP contribution in [0.5, 0.6) is 0 Å². The second-order valence-corrected chi connectivity index (χ2v) is 7.39. The van der Waals surface area contributed by atoms with Crippen LogP contribution in [0.3, 0.4) is 0 Å². The largest absolute Gasteiger partial charge is 0.334 e. The van der Waals surface area contributed by atoms with Crippen molar-refractivity contribution in [3.63, 3.8) is 0 Å². The zero-order valence-corrected chi connectivity index (χ0v) is 15.4. The van der Waals surface area contributed by atoms with Crippen LogP contribution in [0.1, 0.15) is 31.8 Å². The molecule has 6 heteroatoms. The first-order chi connectivity index (χ1) is 12.2. The van der Waals surface area contributed by atoms with Crippen molar-refractivity contribution in [2.45, 2.75) is 13.5 Å². The quantitative estimate of drug-likeness (QED) is 0.682. The summed E-state index contributed by atoms with van der Waals surface area (Å²) in [6.07, 6.45) is 0. The Labute approximate surface area is 154 Å². The number of hydrogen-bond donors (Lipinski definition) is 1. The van der Waals surface area contributed by atoms with Crippen LogP contribution in [0.15, 0.2) is 59.3 Å². The van der Waals surface area contributed by atoms with Gasteiger partial charge in [-0.3, -0.25) is 9.59 Å². The molecule has 0 fully saturated rings. The molecule has 3 aromatic rings. The number of rotatable bonds is 6. The van der Waals surface area contributed by atoms with Crippen molar-refractivity contribution in [3.05, 3.63) is 74.6 Å². The number of carbonyl (C=O) groups excluding carboxylic acids is 2. The smallest absolute Gasteiger partial charge is 0.265 e. The van der Waals surface area contributed by atoms with Gasteiger partial charge in [0.1, 0.15) is 0 Å². The number of hydrogen-bond acceptors (Lipinski definition) is 4. The second-order valence-electron chi connectivity index (χ2n) is 5.41. The normalized spacial score (nSPS) is 10.4. The molecule has 2 amide bonds. The summed E-state index contributed by atoms with van der Waals surface area (Å²) >= 11 is 3.02. The van der Waals surface area contributed by atoms with Crippen LogP contribution in [-0.2, 0) is 6.54 Å². The number of thiophene rings is 2. The summed E-state index contributed by atoms with van der Waals surface area (Å²) in [7, 11) is 0. The number of nitrogens with one attached hydrogen (secondary N) is 1. The van der Waals surface area contributed by atoms with Crippen LogP contribution in [0, 0.1) is 0 Å². The van der Waals surface area contributed by atoms with Gasteiger partial charge in [0, 0.05) is 22.7 Å². The van der Waals surface area contributed by atoms with Crippen molar-refractivity contribution < 1.29 is 9.59 Å². The molecule has 0 saturated heterocycles. The molecule has 3 rings (SSSR count). The summed E-state index contributed by atoms with van der Waals surface area (Å²) in [5, 5.41) is 6.71. The van der Waals surface area contributed by atoms with Gasteiger partial charge in [-0.15, -0.1) is 22.7 Å². The molecule has 0 spiro atoms. The average molecular weight is 370 g/mol. The van der Waals surface area contributed by atoms with Gasteiger partial charge in [0.2, 0.25) is 0 Å². The minimum atomic E-state index is -0.162. The van der Waals surface area contributed by atoms with E-state index >= 15 is 0 Å². The highest BCUT2D eigenvalue weighted by atomic mass is 32.1. The molecule has 128 valence electrons. The van der Waals surface area contributed by atoms with Crippen molar-refractivity contribution in [3.8, 4) is 0 Å². The zero-order chi connectivity index (χ0) is 17.6. The maximum absolute atomic E-state index is 12.8. The van der Waals surface area contributed by atoms with E-state index < -0.39 is 0 Å². The van der Waals surface area contributed by atoms with Crippen LogP contribution in [-0.4, -0.2) is 23.3 Å². The Morgan fingerprint density at radius 2 is 1.84 bits per heavy atom. The number of carbonyl (C=O) groups is 2. The number of amides is 2. The van der Waals surface area contributed by atoms with Crippen LogP contribution in [0.2, 0.25) is 0 Å². The van der Waals surface area contributed by atoms with E-state index in [9.17, 15) is 9.59 Å². The van der Waals surface area contributed by atoms with E-state index in [1.165, 1.54) is 11.3 Å². The fourth-order valence-electron chi connectivity index (χ4n) is 2.43. The minimum absolute atomic E-state index is 0.0388. The maximum Gasteiger partial charge on any atom is 0.265 e. The third-order valence-corrected chi connectivity index (χ3v) is 5.44. The predicted octanol–water partition coefficient (Wildman–Crippen LogP) is 4.72. The molecule has 25 heavy (non-hydrogen) atoms. The Hall–Kier alpha value is -2.44. The van der Waals surface area contributed by atoms with Crippen molar-refractivity contribution >= 4 is 40.2 Å². The molecule has 0 atom stereocenters. The van der Waals surface area contributed by atoms with Gasteiger partial charge < -0.3 is 10.2 Å². The Morgan fingerprint density at radius 1 is 1.04 bits per heavy atom. The molecule has 4 nitrogen and oxygen atoms in total. The third-order valence-electron chi connectivity index (χ3n) is 3.71. The molecular formula is C19H18N2O2S2. The lowest BCUT2D eigenvalue weighted by molar-refractivity contribution is 0.0754. The summed E-state index contributed by atoms with van der Waals surface area (Å²) < 4.78 is 0. The van der Waals surface area contributed by atoms with Gasteiger partial charge in [-0.1, -0.05) is 18.2 Å². The lowest BCUT2D eigenvalue weighted by Gasteiger charge is -2.20. The summed E-state index contributed by atoms with van der Waals surface area (Å²) in [4.78, 5) is 28.5. The monoisotopic (exact) mass is 370 g/mol. The van der Waals surface area contributed by atoms with Gasteiger partial charge in [-0.05, 0) is 48.0 Å². The van der Waals surface area contributed by atoms with E-state index in [-0.39, 0.29) is 11.8 Å². The topological polar surface area (TPSA) is 49.4 Å². The Bertz CT molecular complexity index is 842. The zero-order valence-electron chi connectivity index (χ0n) is 13.8. The molecule has 1 N–H and O–H groups in total. The minimum Gasteiger partial charge on any atom is -0.334 e. The van der Waals surface area contributed by atoms with Gasteiger partial charge in [0.05, 0.1) is 11.4 Å². The first kappa shape index (κ1) is 17.4. The second kappa shape index (κ2) is 8.09. The summed E-state index contributed by atoms with van der Waals surface area (Å²) in [6.45, 7) is 3.19. The molecule has 0 saturated carbocycles. The third kappa shape index (κ3) is 4.35. The molecule has 0 radical (unpaired) electrons. The fourth-order valence-corrected chi connectivity index (χ4v) is 3.77. The molecule has 0 aliphatic rings. The highest BCUT2D eigenvalue weighted by molar-refractivity contribution is 7.12. The molecule has 0 bridgehead atoms.